The van der Waals surface area contributed by atoms with Crippen molar-refractivity contribution in [3.8, 4) is 0 Å². The second-order valence-electron chi connectivity index (χ2n) is 5.04. The summed E-state index contributed by atoms with van der Waals surface area (Å²) in [5.41, 5.74) is 0.617. The van der Waals surface area contributed by atoms with E-state index < -0.39 is 0 Å². The van der Waals surface area contributed by atoms with E-state index in [9.17, 15) is 0 Å². The van der Waals surface area contributed by atoms with E-state index in [2.05, 4.69) is 20.8 Å². The number of likely N-dealkylation sites (tertiary alicyclic amines) is 1. The normalized spacial score (nSPS) is 27.9. The maximum absolute atomic E-state index is 9.04. The average Bonchev–Trinajstić information content (AvgIpc) is 3.00. The molecule has 0 bridgehead atoms. The minimum Gasteiger partial charge on any atom is -0.396 e. The summed E-state index contributed by atoms with van der Waals surface area (Å²) in [5.74, 6) is 0.574. The number of halogens is 1. The number of nitrogens with zero attached hydrogens (tertiary/aromatic N) is 1. The van der Waals surface area contributed by atoms with Crippen molar-refractivity contribution in [2.75, 3.05) is 31.6 Å². The Morgan fingerprint density at radius 3 is 2.36 bits per heavy atom. The maximum atomic E-state index is 9.04. The highest BCUT2D eigenvalue weighted by Crippen LogP contribution is 2.47. The van der Waals surface area contributed by atoms with Crippen molar-refractivity contribution >= 4 is 15.9 Å². The molecule has 0 atom stereocenters. The molecule has 0 aromatic carbocycles. The van der Waals surface area contributed by atoms with Crippen LogP contribution in [0.5, 0.6) is 0 Å². The van der Waals surface area contributed by atoms with E-state index in [0.29, 0.717) is 17.9 Å². The summed E-state index contributed by atoms with van der Waals surface area (Å²) in [6.07, 6.45) is 5.18. The number of rotatable bonds is 4. The van der Waals surface area contributed by atoms with Gasteiger partial charge in [-0.1, -0.05) is 15.9 Å². The fraction of sp³-hybridized carbons (Fsp3) is 1.00. The van der Waals surface area contributed by atoms with Crippen molar-refractivity contribution in [2.45, 2.75) is 25.7 Å². The van der Waals surface area contributed by atoms with Gasteiger partial charge in [-0.2, -0.15) is 0 Å². The molecule has 2 rings (SSSR count). The van der Waals surface area contributed by atoms with Crippen molar-refractivity contribution in [1.29, 1.82) is 0 Å². The summed E-state index contributed by atoms with van der Waals surface area (Å²) in [7, 11) is 0. The number of aliphatic hydroxyl groups excluding tert-OH is 1. The quantitative estimate of drug-likeness (QED) is 0.782. The topological polar surface area (TPSA) is 23.5 Å². The predicted octanol–water partition coefficient (Wildman–Crippen LogP) is 1.87. The minimum absolute atomic E-state index is 0.386. The summed E-state index contributed by atoms with van der Waals surface area (Å²) >= 11 is 3.62. The molecule has 14 heavy (non-hydrogen) atoms. The monoisotopic (exact) mass is 261 g/mol. The first-order chi connectivity index (χ1) is 6.78. The van der Waals surface area contributed by atoms with Crippen LogP contribution in [0.2, 0.25) is 0 Å². The van der Waals surface area contributed by atoms with Gasteiger partial charge in [-0.3, -0.25) is 0 Å². The molecule has 0 unspecified atom stereocenters. The molecule has 0 radical (unpaired) electrons. The zero-order valence-electron chi connectivity index (χ0n) is 8.71. The number of hydrogen-bond donors (Lipinski definition) is 1. The van der Waals surface area contributed by atoms with E-state index in [1.807, 2.05) is 0 Å². The second kappa shape index (κ2) is 4.50. The van der Waals surface area contributed by atoms with Gasteiger partial charge >= 0.3 is 0 Å². The van der Waals surface area contributed by atoms with Crippen LogP contribution in [-0.2, 0) is 0 Å². The zero-order valence-corrected chi connectivity index (χ0v) is 10.3. The summed E-state index contributed by atoms with van der Waals surface area (Å²) in [6.45, 7) is 4.05. The largest absolute Gasteiger partial charge is 0.396 e. The van der Waals surface area contributed by atoms with Gasteiger partial charge in [-0.15, -0.1) is 0 Å². The van der Waals surface area contributed by atoms with Crippen LogP contribution in [0.1, 0.15) is 25.7 Å². The van der Waals surface area contributed by atoms with E-state index >= 15 is 0 Å². The third kappa shape index (κ3) is 2.50. The SMILES string of the molecule is OCC1CCN(CC2(CBr)CC2)CC1. The van der Waals surface area contributed by atoms with Crippen LogP contribution in [0.4, 0.5) is 0 Å². The lowest BCUT2D eigenvalue weighted by Gasteiger charge is -2.33. The molecule has 1 saturated carbocycles. The van der Waals surface area contributed by atoms with Gasteiger partial charge in [0.05, 0.1) is 0 Å². The van der Waals surface area contributed by atoms with Crippen molar-refractivity contribution in [3.05, 3.63) is 0 Å². The van der Waals surface area contributed by atoms with Crippen molar-refractivity contribution in [1.82, 2.24) is 4.90 Å². The smallest absolute Gasteiger partial charge is 0.0460 e. The van der Waals surface area contributed by atoms with Crippen LogP contribution in [0.25, 0.3) is 0 Å². The molecule has 1 saturated heterocycles. The average molecular weight is 262 g/mol. The van der Waals surface area contributed by atoms with Crippen LogP contribution in [0.15, 0.2) is 0 Å². The first-order valence-electron chi connectivity index (χ1n) is 5.67. The molecule has 1 heterocycles. The van der Waals surface area contributed by atoms with E-state index in [-0.39, 0.29) is 0 Å². The van der Waals surface area contributed by atoms with Gasteiger partial charge in [0, 0.05) is 18.5 Å². The van der Waals surface area contributed by atoms with Gasteiger partial charge in [-0.05, 0) is 50.1 Å². The number of alkyl halides is 1. The van der Waals surface area contributed by atoms with Crippen LogP contribution >= 0.6 is 15.9 Å². The molecule has 1 aliphatic carbocycles. The Kier molecular flexibility index (Phi) is 3.50. The van der Waals surface area contributed by atoms with Gasteiger partial charge in [-0.25, -0.2) is 0 Å². The molecule has 0 aromatic rings. The predicted molar refractivity (Wildman–Crippen MR) is 61.7 cm³/mol. The van der Waals surface area contributed by atoms with Gasteiger partial charge < -0.3 is 10.0 Å². The highest BCUT2D eigenvalue weighted by atomic mass is 79.9. The third-order valence-corrected chi connectivity index (χ3v) is 4.95. The lowest BCUT2D eigenvalue weighted by atomic mass is 9.97. The standard InChI is InChI=1S/C11H20BrNO/c12-8-11(3-4-11)9-13-5-1-10(7-14)2-6-13/h10,14H,1-9H2. The molecule has 0 spiro atoms. The van der Waals surface area contributed by atoms with E-state index in [1.54, 1.807) is 0 Å². The highest BCUT2D eigenvalue weighted by molar-refractivity contribution is 9.09. The molecular weight excluding hydrogens is 242 g/mol. The van der Waals surface area contributed by atoms with E-state index in [1.165, 1.54) is 50.6 Å². The van der Waals surface area contributed by atoms with Crippen molar-refractivity contribution < 1.29 is 5.11 Å². The maximum Gasteiger partial charge on any atom is 0.0460 e. The zero-order chi connectivity index (χ0) is 10.0. The van der Waals surface area contributed by atoms with E-state index in [4.69, 9.17) is 5.11 Å². The number of piperidine rings is 1. The lowest BCUT2D eigenvalue weighted by Crippen LogP contribution is -2.38. The Labute approximate surface area is 94.8 Å². The summed E-state index contributed by atoms with van der Waals surface area (Å²) < 4.78 is 0. The molecule has 3 heteroatoms. The fourth-order valence-electron chi connectivity index (χ4n) is 2.31. The minimum atomic E-state index is 0.386. The summed E-state index contributed by atoms with van der Waals surface area (Å²) in [6, 6.07) is 0. The molecule has 0 amide bonds. The Balaban J connectivity index is 1.73. The Hall–Kier alpha value is 0.400. The third-order valence-electron chi connectivity index (χ3n) is 3.76. The Bertz CT molecular complexity index is 186. The molecule has 1 N–H and O–H groups in total. The first kappa shape index (κ1) is 10.9. The van der Waals surface area contributed by atoms with Crippen LogP contribution in [-0.4, -0.2) is 41.6 Å². The lowest BCUT2D eigenvalue weighted by molar-refractivity contribution is 0.119. The summed E-state index contributed by atoms with van der Waals surface area (Å²) in [4.78, 5) is 2.58. The molecule has 2 aliphatic rings. The Morgan fingerprint density at radius 2 is 1.93 bits per heavy atom. The molecule has 1 aliphatic heterocycles. The summed E-state index contributed by atoms with van der Waals surface area (Å²) in [5, 5.41) is 10.2. The molecule has 2 fully saturated rings. The second-order valence-corrected chi connectivity index (χ2v) is 5.60. The molecule has 2 nitrogen and oxygen atoms in total. The number of aliphatic hydroxyl groups is 1. The van der Waals surface area contributed by atoms with Gasteiger partial charge in [0.15, 0.2) is 0 Å². The number of hydrogen-bond acceptors (Lipinski definition) is 2. The van der Waals surface area contributed by atoms with E-state index in [0.717, 1.165) is 0 Å². The molecule has 0 aromatic heterocycles. The van der Waals surface area contributed by atoms with Crippen molar-refractivity contribution in [2.24, 2.45) is 11.3 Å². The first-order valence-corrected chi connectivity index (χ1v) is 6.79. The molecule has 82 valence electrons. The van der Waals surface area contributed by atoms with Crippen LogP contribution in [0, 0.1) is 11.3 Å². The highest BCUT2D eigenvalue weighted by Gasteiger charge is 2.42. The Morgan fingerprint density at radius 1 is 1.29 bits per heavy atom. The van der Waals surface area contributed by atoms with Crippen LogP contribution in [0.3, 0.4) is 0 Å². The van der Waals surface area contributed by atoms with Crippen LogP contribution < -0.4 is 0 Å². The molecular formula is C11H20BrNO. The van der Waals surface area contributed by atoms with Gasteiger partial charge in [0.1, 0.15) is 0 Å². The fourth-order valence-corrected chi connectivity index (χ4v) is 3.05. The van der Waals surface area contributed by atoms with Crippen molar-refractivity contribution in [3.63, 3.8) is 0 Å². The van der Waals surface area contributed by atoms with Gasteiger partial charge in [0.2, 0.25) is 0 Å². The van der Waals surface area contributed by atoms with Gasteiger partial charge in [0.25, 0.3) is 0 Å².